The normalized spacial score (nSPS) is 13.5. The number of nitrogens with zero attached hydrogens (tertiary/aromatic N) is 3. The van der Waals surface area contributed by atoms with Crippen molar-refractivity contribution in [2.75, 3.05) is 0 Å². The van der Waals surface area contributed by atoms with Gasteiger partial charge in [0, 0.05) is 23.1 Å². The monoisotopic (exact) mass is 324 g/mol. The lowest BCUT2D eigenvalue weighted by Crippen LogP contribution is -2.36. The minimum atomic E-state index is -0.0343. The standard InChI is InChI=1S/C13H17BrN4O/c1-13(2,3)9(15)7-10-17-12(18-19-10)11-8(14)5-4-6-16-11/h4-6,9H,7,15H2,1-3H3. The van der Waals surface area contributed by atoms with E-state index in [-0.39, 0.29) is 11.5 Å². The van der Waals surface area contributed by atoms with E-state index in [1.165, 1.54) is 0 Å². The maximum absolute atomic E-state index is 6.11. The zero-order chi connectivity index (χ0) is 14.0. The van der Waals surface area contributed by atoms with Crippen LogP contribution in [0.25, 0.3) is 11.5 Å². The third-order valence-corrected chi connectivity index (χ3v) is 3.59. The number of halogens is 1. The molecule has 1 unspecified atom stereocenters. The van der Waals surface area contributed by atoms with Crippen molar-refractivity contribution >= 4 is 15.9 Å². The van der Waals surface area contributed by atoms with Gasteiger partial charge in [0.25, 0.3) is 0 Å². The molecule has 6 heteroatoms. The summed E-state index contributed by atoms with van der Waals surface area (Å²) in [6.45, 7) is 6.26. The van der Waals surface area contributed by atoms with Crippen LogP contribution in [0.5, 0.6) is 0 Å². The van der Waals surface area contributed by atoms with Crippen molar-refractivity contribution in [3.8, 4) is 11.5 Å². The predicted octanol–water partition coefficient (Wildman–Crippen LogP) is 2.81. The van der Waals surface area contributed by atoms with Crippen molar-refractivity contribution in [1.29, 1.82) is 0 Å². The Kier molecular flexibility index (Phi) is 4.01. The summed E-state index contributed by atoms with van der Waals surface area (Å²) < 4.78 is 6.07. The second kappa shape index (κ2) is 5.38. The first-order chi connectivity index (χ1) is 8.88. The number of aromatic nitrogens is 3. The first kappa shape index (κ1) is 14.1. The van der Waals surface area contributed by atoms with Crippen LogP contribution in [0, 0.1) is 5.41 Å². The van der Waals surface area contributed by atoms with Crippen molar-refractivity contribution in [3.05, 3.63) is 28.7 Å². The van der Waals surface area contributed by atoms with Gasteiger partial charge >= 0.3 is 0 Å². The molecule has 2 aromatic rings. The van der Waals surface area contributed by atoms with E-state index < -0.39 is 0 Å². The van der Waals surface area contributed by atoms with Gasteiger partial charge in [-0.15, -0.1) is 0 Å². The van der Waals surface area contributed by atoms with Crippen molar-refractivity contribution in [2.24, 2.45) is 11.1 Å². The molecule has 2 aromatic heterocycles. The molecular formula is C13H17BrN4O. The van der Waals surface area contributed by atoms with Crippen molar-refractivity contribution in [2.45, 2.75) is 33.2 Å². The summed E-state index contributed by atoms with van der Waals surface area (Å²) in [6.07, 6.45) is 2.25. The molecule has 0 radical (unpaired) electrons. The minimum absolute atomic E-state index is 0.000212. The predicted molar refractivity (Wildman–Crippen MR) is 76.4 cm³/mol. The van der Waals surface area contributed by atoms with E-state index in [0.29, 0.717) is 23.8 Å². The largest absolute Gasteiger partial charge is 0.339 e. The number of hydrogen-bond acceptors (Lipinski definition) is 5. The fourth-order valence-corrected chi connectivity index (χ4v) is 1.91. The van der Waals surface area contributed by atoms with E-state index >= 15 is 0 Å². The molecule has 2 N–H and O–H groups in total. The van der Waals surface area contributed by atoms with Gasteiger partial charge < -0.3 is 10.3 Å². The number of nitrogens with two attached hydrogens (primary N) is 1. The van der Waals surface area contributed by atoms with Crippen LogP contribution in [-0.2, 0) is 6.42 Å². The quantitative estimate of drug-likeness (QED) is 0.939. The van der Waals surface area contributed by atoms with Crippen LogP contribution in [-0.4, -0.2) is 21.2 Å². The Hall–Kier alpha value is -1.27. The van der Waals surface area contributed by atoms with E-state index in [0.717, 1.165) is 4.47 Å². The van der Waals surface area contributed by atoms with Crippen LogP contribution in [0.2, 0.25) is 0 Å². The fourth-order valence-electron chi connectivity index (χ4n) is 1.48. The lowest BCUT2D eigenvalue weighted by Gasteiger charge is -2.25. The molecule has 2 rings (SSSR count). The van der Waals surface area contributed by atoms with Gasteiger partial charge in [-0.3, -0.25) is 4.98 Å². The summed E-state index contributed by atoms with van der Waals surface area (Å²) in [5, 5.41) is 3.95. The summed E-state index contributed by atoms with van der Waals surface area (Å²) in [5.41, 5.74) is 6.78. The van der Waals surface area contributed by atoms with Crippen LogP contribution in [0.15, 0.2) is 27.3 Å². The highest BCUT2D eigenvalue weighted by Crippen LogP contribution is 2.24. The number of pyridine rings is 1. The highest BCUT2D eigenvalue weighted by atomic mass is 79.9. The Morgan fingerprint density at radius 1 is 1.42 bits per heavy atom. The molecule has 0 aliphatic rings. The number of hydrogen-bond donors (Lipinski definition) is 1. The van der Waals surface area contributed by atoms with Crippen LogP contribution in [0.4, 0.5) is 0 Å². The van der Waals surface area contributed by atoms with E-state index in [9.17, 15) is 0 Å². The smallest absolute Gasteiger partial charge is 0.228 e. The lowest BCUT2D eigenvalue weighted by atomic mass is 9.85. The molecule has 5 nitrogen and oxygen atoms in total. The minimum Gasteiger partial charge on any atom is -0.339 e. The first-order valence-electron chi connectivity index (χ1n) is 6.07. The van der Waals surface area contributed by atoms with E-state index in [4.69, 9.17) is 10.3 Å². The van der Waals surface area contributed by atoms with Crippen LogP contribution in [0.1, 0.15) is 26.7 Å². The van der Waals surface area contributed by atoms with Crippen molar-refractivity contribution in [3.63, 3.8) is 0 Å². The zero-order valence-electron chi connectivity index (χ0n) is 11.2. The molecule has 0 saturated carbocycles. The Labute approximate surface area is 120 Å². The van der Waals surface area contributed by atoms with Crippen LogP contribution >= 0.6 is 15.9 Å². The Bertz CT molecular complexity index is 562. The summed E-state index contributed by atoms with van der Waals surface area (Å²) >= 11 is 3.42. The van der Waals surface area contributed by atoms with E-state index in [2.05, 4.69) is 51.8 Å². The van der Waals surface area contributed by atoms with Gasteiger partial charge in [0.15, 0.2) is 0 Å². The van der Waals surface area contributed by atoms with Crippen molar-refractivity contribution in [1.82, 2.24) is 15.1 Å². The molecule has 102 valence electrons. The third-order valence-electron chi connectivity index (χ3n) is 2.95. The van der Waals surface area contributed by atoms with Gasteiger partial charge in [-0.2, -0.15) is 4.98 Å². The Balaban J connectivity index is 2.19. The SMILES string of the molecule is CC(C)(C)C(N)Cc1nc(-c2ncccc2Br)no1. The Morgan fingerprint density at radius 3 is 2.79 bits per heavy atom. The maximum Gasteiger partial charge on any atom is 0.228 e. The molecule has 2 heterocycles. The average Bonchev–Trinajstić information content (AvgIpc) is 2.76. The van der Waals surface area contributed by atoms with Gasteiger partial charge in [-0.25, -0.2) is 0 Å². The summed E-state index contributed by atoms with van der Waals surface area (Å²) in [4.78, 5) is 8.57. The van der Waals surface area contributed by atoms with Crippen LogP contribution < -0.4 is 5.73 Å². The molecule has 19 heavy (non-hydrogen) atoms. The highest BCUT2D eigenvalue weighted by molar-refractivity contribution is 9.10. The summed E-state index contributed by atoms with van der Waals surface area (Å²) in [6, 6.07) is 3.69. The molecule has 0 aliphatic heterocycles. The van der Waals surface area contributed by atoms with Gasteiger partial charge in [0.1, 0.15) is 5.69 Å². The first-order valence-corrected chi connectivity index (χ1v) is 6.86. The summed E-state index contributed by atoms with van der Waals surface area (Å²) in [5.74, 6) is 1.01. The molecule has 0 aliphatic carbocycles. The second-order valence-corrected chi connectivity index (χ2v) is 6.38. The van der Waals surface area contributed by atoms with Gasteiger partial charge in [0.2, 0.25) is 11.7 Å². The van der Waals surface area contributed by atoms with Crippen LogP contribution in [0.3, 0.4) is 0 Å². The van der Waals surface area contributed by atoms with Gasteiger partial charge in [-0.05, 0) is 33.5 Å². The van der Waals surface area contributed by atoms with Gasteiger partial charge in [-0.1, -0.05) is 25.9 Å². The highest BCUT2D eigenvalue weighted by Gasteiger charge is 2.23. The molecule has 0 bridgehead atoms. The molecule has 0 aromatic carbocycles. The second-order valence-electron chi connectivity index (χ2n) is 5.52. The van der Waals surface area contributed by atoms with E-state index in [1.54, 1.807) is 6.20 Å². The topological polar surface area (TPSA) is 77.8 Å². The number of rotatable bonds is 3. The summed E-state index contributed by atoms with van der Waals surface area (Å²) in [7, 11) is 0. The molecular weight excluding hydrogens is 308 g/mol. The van der Waals surface area contributed by atoms with Crippen molar-refractivity contribution < 1.29 is 4.52 Å². The fraction of sp³-hybridized carbons (Fsp3) is 0.462. The molecule has 1 atom stereocenters. The lowest BCUT2D eigenvalue weighted by molar-refractivity contribution is 0.286. The zero-order valence-corrected chi connectivity index (χ0v) is 12.8. The maximum atomic E-state index is 6.11. The Morgan fingerprint density at radius 2 is 2.16 bits per heavy atom. The molecule has 0 amide bonds. The van der Waals surface area contributed by atoms with Gasteiger partial charge in [0.05, 0.1) is 0 Å². The molecule has 0 spiro atoms. The molecule has 0 fully saturated rings. The third kappa shape index (κ3) is 3.39. The average molecular weight is 325 g/mol. The van der Waals surface area contributed by atoms with E-state index in [1.807, 2.05) is 12.1 Å². The molecule has 0 saturated heterocycles.